The van der Waals surface area contributed by atoms with Crippen molar-refractivity contribution in [2.24, 2.45) is 0 Å². The lowest BCUT2D eigenvalue weighted by Gasteiger charge is -1.88. The molecule has 0 radical (unpaired) electrons. The predicted octanol–water partition coefficient (Wildman–Crippen LogP) is 1.64. The average Bonchev–Trinajstić information content (AvgIpc) is 2.33. The molecular formula is C6H4N2S. The highest BCUT2D eigenvalue weighted by Crippen LogP contribution is 2.21. The van der Waals surface area contributed by atoms with E-state index in [4.69, 9.17) is 0 Å². The Bertz CT molecular complexity index is 251. The first kappa shape index (κ1) is 4.88. The Kier molecular flexibility index (Phi) is 0.960. The van der Waals surface area contributed by atoms with E-state index in [-0.39, 0.29) is 0 Å². The summed E-state index contributed by atoms with van der Waals surface area (Å²) in [5.74, 6) is 0. The van der Waals surface area contributed by atoms with Crippen LogP contribution in [0.3, 0.4) is 0 Å². The van der Waals surface area contributed by atoms with Gasteiger partial charge in [0.1, 0.15) is 0 Å². The lowest BCUT2D eigenvalue weighted by molar-refractivity contribution is 1.42. The van der Waals surface area contributed by atoms with Gasteiger partial charge >= 0.3 is 0 Å². The van der Waals surface area contributed by atoms with Crippen LogP contribution in [-0.2, 0) is 0 Å². The van der Waals surface area contributed by atoms with E-state index in [0.717, 1.165) is 4.88 Å². The molecule has 3 heteroatoms. The molecule has 0 bridgehead atoms. The lowest BCUT2D eigenvalue weighted by Crippen LogP contribution is -1.67. The summed E-state index contributed by atoms with van der Waals surface area (Å²) >= 11 is 1.47. The SMILES string of the molecule is c1cc2cncc-2sn1. The van der Waals surface area contributed by atoms with Crippen LogP contribution in [0.2, 0.25) is 0 Å². The van der Waals surface area contributed by atoms with E-state index in [9.17, 15) is 0 Å². The van der Waals surface area contributed by atoms with E-state index in [1.807, 2.05) is 18.5 Å². The third kappa shape index (κ3) is 0.695. The normalized spacial score (nSPS) is 10.2. The van der Waals surface area contributed by atoms with Gasteiger partial charge < -0.3 is 0 Å². The number of hydrogen-bond donors (Lipinski definition) is 0. The van der Waals surface area contributed by atoms with Gasteiger partial charge in [-0.25, -0.2) is 4.37 Å². The van der Waals surface area contributed by atoms with Gasteiger partial charge in [0.25, 0.3) is 0 Å². The summed E-state index contributed by atoms with van der Waals surface area (Å²) in [4.78, 5) is 5.12. The lowest BCUT2D eigenvalue weighted by atomic mass is 10.3. The van der Waals surface area contributed by atoms with Crippen molar-refractivity contribution in [1.82, 2.24) is 9.36 Å². The zero-order valence-electron chi connectivity index (χ0n) is 4.61. The highest BCUT2D eigenvalue weighted by atomic mass is 32.1. The van der Waals surface area contributed by atoms with Gasteiger partial charge in [0.2, 0.25) is 0 Å². The minimum atomic E-state index is 1.15. The standard InChI is InChI=1S/C6H4N2S/c1-2-8-9-6-4-7-3-5(1)6/h1-4H. The zero-order valence-corrected chi connectivity index (χ0v) is 5.43. The summed E-state index contributed by atoms with van der Waals surface area (Å²) in [6.07, 6.45) is 5.45. The van der Waals surface area contributed by atoms with Crippen molar-refractivity contribution in [3.8, 4) is 10.4 Å². The second-order valence-corrected chi connectivity index (χ2v) is 2.57. The first-order chi connectivity index (χ1) is 4.47. The van der Waals surface area contributed by atoms with Crippen molar-refractivity contribution in [1.29, 1.82) is 0 Å². The minimum Gasteiger partial charge on any atom is -0.262 e. The molecule has 0 aromatic rings. The Balaban J connectivity index is 2.79. The molecule has 0 unspecified atom stereocenters. The molecule has 0 amide bonds. The molecule has 0 aliphatic carbocycles. The van der Waals surface area contributed by atoms with Crippen LogP contribution in [0.1, 0.15) is 0 Å². The number of nitrogens with zero attached hydrogens (tertiary/aromatic N) is 2. The van der Waals surface area contributed by atoms with Crippen LogP contribution in [-0.4, -0.2) is 9.36 Å². The van der Waals surface area contributed by atoms with Gasteiger partial charge in [-0.05, 0) is 17.6 Å². The zero-order chi connectivity index (χ0) is 6.10. The molecule has 0 N–H and O–H groups in total. The van der Waals surface area contributed by atoms with E-state index in [1.165, 1.54) is 17.1 Å². The first-order valence-corrected chi connectivity index (χ1v) is 3.38. The molecule has 2 heterocycles. The predicted molar refractivity (Wildman–Crippen MR) is 36.5 cm³/mol. The van der Waals surface area contributed by atoms with Crippen LogP contribution in [0.25, 0.3) is 10.4 Å². The second kappa shape index (κ2) is 1.77. The fourth-order valence-electron chi connectivity index (χ4n) is 0.723. The monoisotopic (exact) mass is 136 g/mol. The van der Waals surface area contributed by atoms with Crippen LogP contribution in [0.5, 0.6) is 0 Å². The van der Waals surface area contributed by atoms with Crippen LogP contribution in [0.15, 0.2) is 24.7 Å². The van der Waals surface area contributed by atoms with Crippen molar-refractivity contribution in [2.75, 3.05) is 0 Å². The van der Waals surface area contributed by atoms with Gasteiger partial charge in [0, 0.05) is 24.2 Å². The maximum Gasteiger partial charge on any atom is 0.0732 e. The third-order valence-electron chi connectivity index (χ3n) is 1.16. The van der Waals surface area contributed by atoms with Gasteiger partial charge in [-0.3, -0.25) is 4.98 Å². The third-order valence-corrected chi connectivity index (χ3v) is 1.92. The Hall–Kier alpha value is -0.960. The van der Waals surface area contributed by atoms with E-state index in [0.29, 0.717) is 0 Å². The first-order valence-electron chi connectivity index (χ1n) is 2.61. The van der Waals surface area contributed by atoms with Crippen molar-refractivity contribution < 1.29 is 0 Å². The number of fused-ring (bicyclic) bond motifs is 1. The van der Waals surface area contributed by atoms with Crippen molar-refractivity contribution in [3.63, 3.8) is 0 Å². The van der Waals surface area contributed by atoms with Crippen molar-refractivity contribution in [2.45, 2.75) is 0 Å². The molecular weight excluding hydrogens is 132 g/mol. The van der Waals surface area contributed by atoms with Gasteiger partial charge in [-0.1, -0.05) is 0 Å². The fraction of sp³-hybridized carbons (Fsp3) is 0. The Morgan fingerprint density at radius 1 is 1.33 bits per heavy atom. The van der Waals surface area contributed by atoms with E-state index >= 15 is 0 Å². The van der Waals surface area contributed by atoms with Gasteiger partial charge in [-0.2, -0.15) is 0 Å². The summed E-state index contributed by atoms with van der Waals surface area (Å²) in [5, 5.41) is 0. The second-order valence-electron chi connectivity index (χ2n) is 1.74. The molecule has 0 atom stereocenters. The summed E-state index contributed by atoms with van der Waals surface area (Å²) in [6.45, 7) is 0. The quantitative estimate of drug-likeness (QED) is 0.550. The molecule has 2 nitrogen and oxygen atoms in total. The highest BCUT2D eigenvalue weighted by Gasteiger charge is 1.99. The van der Waals surface area contributed by atoms with Gasteiger partial charge in [0.05, 0.1) is 4.88 Å². The molecule has 0 spiro atoms. The van der Waals surface area contributed by atoms with E-state index in [2.05, 4.69) is 9.36 Å². The number of hydrogen-bond acceptors (Lipinski definition) is 3. The minimum absolute atomic E-state index is 1.15. The summed E-state index contributed by atoms with van der Waals surface area (Å²) < 4.78 is 3.99. The maximum atomic E-state index is 3.99. The van der Waals surface area contributed by atoms with E-state index < -0.39 is 0 Å². The molecule has 44 valence electrons. The Morgan fingerprint density at radius 2 is 2.33 bits per heavy atom. The molecule has 2 rings (SSSR count). The Morgan fingerprint density at radius 3 is 3.22 bits per heavy atom. The molecule has 0 saturated heterocycles. The number of rotatable bonds is 0. The van der Waals surface area contributed by atoms with Crippen molar-refractivity contribution in [3.05, 3.63) is 24.7 Å². The topological polar surface area (TPSA) is 25.8 Å². The maximum absolute atomic E-state index is 3.99. The van der Waals surface area contributed by atoms with E-state index in [1.54, 1.807) is 6.20 Å². The van der Waals surface area contributed by atoms with Gasteiger partial charge in [-0.15, -0.1) is 0 Å². The molecule has 9 heavy (non-hydrogen) atoms. The average molecular weight is 136 g/mol. The molecule has 0 aromatic carbocycles. The molecule has 0 saturated carbocycles. The number of aromatic nitrogens is 2. The van der Waals surface area contributed by atoms with Crippen molar-refractivity contribution >= 4 is 11.5 Å². The van der Waals surface area contributed by atoms with Crippen LogP contribution in [0, 0.1) is 0 Å². The van der Waals surface area contributed by atoms with Crippen LogP contribution >= 0.6 is 11.5 Å². The van der Waals surface area contributed by atoms with Crippen LogP contribution in [0.4, 0.5) is 0 Å². The Labute approximate surface area is 56.7 Å². The van der Waals surface area contributed by atoms with Crippen LogP contribution < -0.4 is 0 Å². The molecule has 0 aromatic heterocycles. The smallest absolute Gasteiger partial charge is 0.0732 e. The fourth-order valence-corrected chi connectivity index (χ4v) is 1.29. The molecule has 0 fully saturated rings. The highest BCUT2D eigenvalue weighted by molar-refractivity contribution is 7.09. The molecule has 2 aliphatic rings. The summed E-state index contributed by atoms with van der Waals surface area (Å²) in [6, 6.07) is 1.96. The largest absolute Gasteiger partial charge is 0.262 e. The summed E-state index contributed by atoms with van der Waals surface area (Å²) in [5.41, 5.74) is 1.18. The summed E-state index contributed by atoms with van der Waals surface area (Å²) in [7, 11) is 0. The molecule has 2 aliphatic heterocycles. The van der Waals surface area contributed by atoms with Gasteiger partial charge in [0.15, 0.2) is 0 Å².